The van der Waals surface area contributed by atoms with E-state index >= 15 is 0 Å². The molecule has 1 atom stereocenters. The van der Waals surface area contributed by atoms with Gasteiger partial charge in [0.1, 0.15) is 0 Å². The standard InChI is InChI=1S/C19H22ClN3O3/c1-13(14-7-5-4-6-8-14)22-19(2,3)12-21-18(24)16-11-15(23(25)26)9-10-17(16)20/h4-11,13,22H,12H2,1-3H3,(H,21,24). The number of hydrogen-bond donors (Lipinski definition) is 2. The van der Waals surface area contributed by atoms with Crippen molar-refractivity contribution in [3.8, 4) is 0 Å². The van der Waals surface area contributed by atoms with Gasteiger partial charge in [-0.3, -0.25) is 14.9 Å². The Balaban J connectivity index is 2.01. The Labute approximate surface area is 157 Å². The minimum absolute atomic E-state index is 0.0905. The molecule has 1 unspecified atom stereocenters. The molecule has 7 heteroatoms. The first kappa shape index (κ1) is 19.9. The summed E-state index contributed by atoms with van der Waals surface area (Å²) in [4.78, 5) is 22.7. The van der Waals surface area contributed by atoms with Crippen LogP contribution in [0, 0.1) is 10.1 Å². The summed E-state index contributed by atoms with van der Waals surface area (Å²) in [6.07, 6.45) is 0. The van der Waals surface area contributed by atoms with Crippen molar-refractivity contribution < 1.29 is 9.72 Å². The van der Waals surface area contributed by atoms with Gasteiger partial charge in [-0.05, 0) is 32.4 Å². The van der Waals surface area contributed by atoms with E-state index < -0.39 is 16.4 Å². The summed E-state index contributed by atoms with van der Waals surface area (Å²) in [7, 11) is 0. The van der Waals surface area contributed by atoms with Crippen LogP contribution in [0.1, 0.15) is 42.7 Å². The molecule has 0 aliphatic rings. The maximum atomic E-state index is 12.4. The van der Waals surface area contributed by atoms with Gasteiger partial charge in [-0.2, -0.15) is 0 Å². The summed E-state index contributed by atoms with van der Waals surface area (Å²) < 4.78 is 0. The van der Waals surface area contributed by atoms with Crippen LogP contribution in [0.4, 0.5) is 5.69 Å². The Morgan fingerprint density at radius 3 is 2.50 bits per heavy atom. The van der Waals surface area contributed by atoms with Crippen LogP contribution in [0.15, 0.2) is 48.5 Å². The molecule has 6 nitrogen and oxygen atoms in total. The van der Waals surface area contributed by atoms with Gasteiger partial charge in [0.05, 0.1) is 15.5 Å². The van der Waals surface area contributed by atoms with Crippen molar-refractivity contribution in [2.45, 2.75) is 32.4 Å². The quantitative estimate of drug-likeness (QED) is 0.563. The lowest BCUT2D eigenvalue weighted by atomic mass is 10.0. The van der Waals surface area contributed by atoms with Gasteiger partial charge >= 0.3 is 0 Å². The molecule has 138 valence electrons. The number of nitro benzene ring substituents is 1. The van der Waals surface area contributed by atoms with Gasteiger partial charge in [-0.25, -0.2) is 0 Å². The van der Waals surface area contributed by atoms with E-state index in [1.54, 1.807) is 0 Å². The van der Waals surface area contributed by atoms with Crippen molar-refractivity contribution in [2.24, 2.45) is 0 Å². The van der Waals surface area contributed by atoms with Crippen LogP contribution in [-0.4, -0.2) is 22.9 Å². The van der Waals surface area contributed by atoms with Gasteiger partial charge in [0.25, 0.3) is 11.6 Å². The SMILES string of the molecule is CC(NC(C)(C)CNC(=O)c1cc([N+](=O)[O-])ccc1Cl)c1ccccc1. The Bertz CT molecular complexity index is 794. The molecule has 0 fully saturated rings. The summed E-state index contributed by atoms with van der Waals surface area (Å²) >= 11 is 6.01. The zero-order valence-electron chi connectivity index (χ0n) is 15.0. The Hall–Kier alpha value is -2.44. The molecular weight excluding hydrogens is 354 g/mol. The summed E-state index contributed by atoms with van der Waals surface area (Å²) in [6, 6.07) is 13.9. The summed E-state index contributed by atoms with van der Waals surface area (Å²) in [5, 5.41) is 17.3. The molecule has 0 saturated heterocycles. The molecular formula is C19H22ClN3O3. The molecule has 26 heavy (non-hydrogen) atoms. The monoisotopic (exact) mass is 375 g/mol. The second kappa shape index (κ2) is 8.29. The van der Waals surface area contributed by atoms with Crippen LogP contribution in [0.3, 0.4) is 0 Å². The lowest BCUT2D eigenvalue weighted by Gasteiger charge is -2.31. The third-order valence-electron chi connectivity index (χ3n) is 4.00. The maximum Gasteiger partial charge on any atom is 0.270 e. The molecule has 0 aliphatic carbocycles. The number of hydrogen-bond acceptors (Lipinski definition) is 4. The number of nitrogens with one attached hydrogen (secondary N) is 2. The number of nitro groups is 1. The highest BCUT2D eigenvalue weighted by atomic mass is 35.5. The van der Waals surface area contributed by atoms with Gasteiger partial charge < -0.3 is 10.6 Å². The summed E-state index contributed by atoms with van der Waals surface area (Å²) in [5.41, 5.74) is 0.675. The predicted octanol–water partition coefficient (Wildman–Crippen LogP) is 4.11. The van der Waals surface area contributed by atoms with Crippen molar-refractivity contribution >= 4 is 23.2 Å². The highest BCUT2D eigenvalue weighted by molar-refractivity contribution is 6.33. The van der Waals surface area contributed by atoms with Gasteiger partial charge in [-0.1, -0.05) is 41.9 Å². The number of carbonyl (C=O) groups is 1. The van der Waals surface area contributed by atoms with Crippen molar-refractivity contribution in [2.75, 3.05) is 6.54 Å². The topological polar surface area (TPSA) is 84.3 Å². The van der Waals surface area contributed by atoms with Gasteiger partial charge in [0, 0.05) is 30.3 Å². The number of amides is 1. The van der Waals surface area contributed by atoms with Crippen LogP contribution in [0.5, 0.6) is 0 Å². The molecule has 0 heterocycles. The van der Waals surface area contributed by atoms with Crippen LogP contribution in [0.2, 0.25) is 5.02 Å². The zero-order chi connectivity index (χ0) is 19.3. The Morgan fingerprint density at radius 1 is 1.23 bits per heavy atom. The molecule has 0 aliphatic heterocycles. The number of halogens is 1. The lowest BCUT2D eigenvalue weighted by Crippen LogP contribution is -2.49. The highest BCUT2D eigenvalue weighted by Gasteiger charge is 2.23. The third-order valence-corrected chi connectivity index (χ3v) is 4.33. The maximum absolute atomic E-state index is 12.4. The fraction of sp³-hybridized carbons (Fsp3) is 0.316. The van der Waals surface area contributed by atoms with Crippen LogP contribution >= 0.6 is 11.6 Å². The smallest absolute Gasteiger partial charge is 0.270 e. The van der Waals surface area contributed by atoms with E-state index in [9.17, 15) is 14.9 Å². The average Bonchev–Trinajstić information content (AvgIpc) is 2.60. The first-order chi connectivity index (χ1) is 12.2. The molecule has 0 saturated carbocycles. The van der Waals surface area contributed by atoms with E-state index in [1.165, 1.54) is 18.2 Å². The van der Waals surface area contributed by atoms with Gasteiger partial charge in [0.2, 0.25) is 0 Å². The molecule has 0 aromatic heterocycles. The lowest BCUT2D eigenvalue weighted by molar-refractivity contribution is -0.384. The number of carbonyl (C=O) groups excluding carboxylic acids is 1. The van der Waals surface area contributed by atoms with Gasteiger partial charge in [-0.15, -0.1) is 0 Å². The van der Waals surface area contributed by atoms with Crippen LogP contribution in [-0.2, 0) is 0 Å². The molecule has 0 radical (unpaired) electrons. The fourth-order valence-corrected chi connectivity index (χ4v) is 2.86. The molecule has 1 amide bonds. The fourth-order valence-electron chi connectivity index (χ4n) is 2.66. The summed E-state index contributed by atoms with van der Waals surface area (Å²) in [6.45, 7) is 6.34. The third kappa shape index (κ3) is 5.28. The molecule has 0 spiro atoms. The Morgan fingerprint density at radius 2 is 1.88 bits per heavy atom. The highest BCUT2D eigenvalue weighted by Crippen LogP contribution is 2.22. The molecule has 2 rings (SSSR count). The zero-order valence-corrected chi connectivity index (χ0v) is 15.7. The first-order valence-electron chi connectivity index (χ1n) is 8.24. The average molecular weight is 376 g/mol. The van der Waals surface area contributed by atoms with Crippen LogP contribution in [0.25, 0.3) is 0 Å². The minimum atomic E-state index is -0.555. The molecule has 2 aromatic rings. The number of rotatable bonds is 7. The van der Waals surface area contributed by atoms with E-state index in [1.807, 2.05) is 44.2 Å². The van der Waals surface area contributed by atoms with Gasteiger partial charge in [0.15, 0.2) is 0 Å². The van der Waals surface area contributed by atoms with Crippen molar-refractivity contribution in [1.82, 2.24) is 10.6 Å². The van der Waals surface area contributed by atoms with Crippen molar-refractivity contribution in [3.05, 3.63) is 74.8 Å². The Kier molecular flexibility index (Phi) is 6.34. The molecule has 2 aromatic carbocycles. The summed E-state index contributed by atoms with van der Waals surface area (Å²) in [5.74, 6) is -0.444. The van der Waals surface area contributed by atoms with Crippen molar-refractivity contribution in [1.29, 1.82) is 0 Å². The largest absolute Gasteiger partial charge is 0.350 e. The van der Waals surface area contributed by atoms with Crippen molar-refractivity contribution in [3.63, 3.8) is 0 Å². The van der Waals surface area contributed by atoms with E-state index in [0.29, 0.717) is 6.54 Å². The molecule has 0 bridgehead atoms. The second-order valence-corrected chi connectivity index (χ2v) is 7.17. The number of non-ortho nitro benzene ring substituents is 1. The van der Waals surface area contributed by atoms with E-state index in [4.69, 9.17) is 11.6 Å². The predicted molar refractivity (Wildman–Crippen MR) is 103 cm³/mol. The second-order valence-electron chi connectivity index (χ2n) is 6.76. The number of nitrogens with zero attached hydrogens (tertiary/aromatic N) is 1. The first-order valence-corrected chi connectivity index (χ1v) is 8.62. The van der Waals surface area contributed by atoms with E-state index in [2.05, 4.69) is 17.6 Å². The number of benzene rings is 2. The minimum Gasteiger partial charge on any atom is -0.350 e. The molecule has 2 N–H and O–H groups in total. The van der Waals surface area contributed by atoms with E-state index in [0.717, 1.165) is 5.56 Å². The normalized spacial score (nSPS) is 12.5. The van der Waals surface area contributed by atoms with E-state index in [-0.39, 0.29) is 22.3 Å². The van der Waals surface area contributed by atoms with Crippen LogP contribution < -0.4 is 10.6 Å².